The summed E-state index contributed by atoms with van der Waals surface area (Å²) in [6, 6.07) is 20.6. The predicted molar refractivity (Wildman–Crippen MR) is 272 cm³/mol. The van der Waals surface area contributed by atoms with Crippen LogP contribution in [0.25, 0.3) is 60.2 Å². The number of rotatable bonds is 14. The van der Waals surface area contributed by atoms with E-state index < -0.39 is 48.5 Å². The maximum atomic E-state index is 14.5. The van der Waals surface area contributed by atoms with Crippen molar-refractivity contribution in [1.82, 2.24) is 9.55 Å². The van der Waals surface area contributed by atoms with E-state index in [1.165, 1.54) is 21.3 Å². The summed E-state index contributed by atoms with van der Waals surface area (Å²) in [5.74, 6) is -0.725. The number of aromatic nitrogens is 2. The number of benzene rings is 5. The Hall–Kier alpha value is -7.82. The Kier molecular flexibility index (Phi) is 13.3. The molecule has 0 saturated heterocycles. The molecule has 1 aliphatic rings. The number of hydrogen-bond donors (Lipinski definition) is 1. The third-order valence-corrected chi connectivity index (χ3v) is 13.6. The second-order valence-electron chi connectivity index (χ2n) is 18.2. The SMILES string of the molecule is CCOC(=O)C1=C(C)/C(=C(/c2[nH]c(C)c(C(=O)OCC)c2C)c2c(C)cc(OCCCn3c(=O)c4ccc5oc6ccc(-c7ccc(C(F)(F)F)cc7)cc6c6ccc(c3=O)c4c56)cc2C)[N+](C[B-](F)F)=C1C. The molecule has 0 atom stereocenters. The highest BCUT2D eigenvalue weighted by Gasteiger charge is 2.41. The molecule has 73 heavy (non-hydrogen) atoms. The Morgan fingerprint density at radius 2 is 1.33 bits per heavy atom. The summed E-state index contributed by atoms with van der Waals surface area (Å²) in [6.07, 6.45) is -4.93. The van der Waals surface area contributed by atoms with Gasteiger partial charge in [0.15, 0.2) is 5.71 Å². The van der Waals surface area contributed by atoms with Crippen LogP contribution in [-0.2, 0) is 27.0 Å². The second-order valence-corrected chi connectivity index (χ2v) is 18.2. The van der Waals surface area contributed by atoms with Crippen molar-refractivity contribution in [3.63, 3.8) is 0 Å². The fourth-order valence-corrected chi connectivity index (χ4v) is 10.5. The number of fused-ring (bicyclic) bond motifs is 2. The van der Waals surface area contributed by atoms with Crippen LogP contribution < -0.4 is 15.9 Å². The fourth-order valence-electron chi connectivity index (χ4n) is 10.5. The number of esters is 2. The molecule has 0 bridgehead atoms. The van der Waals surface area contributed by atoms with Gasteiger partial charge in [-0.2, -0.15) is 13.2 Å². The van der Waals surface area contributed by atoms with E-state index in [1.54, 1.807) is 90.1 Å². The number of nitrogens with zero attached hydrogens (tertiary/aromatic N) is 2. The molecule has 9 rings (SSSR count). The molecule has 0 fully saturated rings. The summed E-state index contributed by atoms with van der Waals surface area (Å²) in [7, 11) is -2.78. The van der Waals surface area contributed by atoms with Gasteiger partial charge in [0.2, 0.25) is 5.70 Å². The highest BCUT2D eigenvalue weighted by molar-refractivity contribution is 6.42. The molecule has 0 aliphatic carbocycles. The standard InChI is InChI=1S/C56H49BF5N3O8/c1-9-70-54(68)45-30(5)50(63-32(45)7)49(51-31(6)46(55(69)71-10-2)33(8)65(51)27-57(61)62)44-28(3)24-37(25-29(44)4)72-23-11-22-64-52(66)39-18-17-38-41-26-35(34-12-15-36(16-13-34)56(58,59)60)14-20-42(41)73-43-21-19-40(53(64)67)47(39)48(38)43/h12-21,24-26H,9-11,22-23,27H2,1-8H3/q-1/p+1. The molecular formula is C56H50BF5N3O8. The zero-order chi connectivity index (χ0) is 52.4. The van der Waals surface area contributed by atoms with Crippen LogP contribution in [0.2, 0.25) is 0 Å². The van der Waals surface area contributed by atoms with Crippen molar-refractivity contribution in [2.75, 3.05) is 26.3 Å². The zero-order valence-corrected chi connectivity index (χ0v) is 41.4. The first-order chi connectivity index (χ1) is 34.7. The third-order valence-electron chi connectivity index (χ3n) is 13.6. The van der Waals surface area contributed by atoms with Crippen LogP contribution in [0.3, 0.4) is 0 Å². The minimum Gasteiger partial charge on any atom is -0.503 e. The lowest BCUT2D eigenvalue weighted by molar-refractivity contribution is -0.452. The molecule has 0 amide bonds. The minimum atomic E-state index is -4.47. The van der Waals surface area contributed by atoms with Gasteiger partial charge in [0.1, 0.15) is 22.5 Å². The summed E-state index contributed by atoms with van der Waals surface area (Å²) >= 11 is 0. The summed E-state index contributed by atoms with van der Waals surface area (Å²) in [6.45, 7) is 14.2. The van der Waals surface area contributed by atoms with Gasteiger partial charge in [0, 0.05) is 51.7 Å². The van der Waals surface area contributed by atoms with Gasteiger partial charge in [-0.15, -0.1) is 0 Å². The number of hydrogen-bond acceptors (Lipinski definition) is 8. The lowest BCUT2D eigenvalue weighted by Crippen LogP contribution is -2.33. The predicted octanol–water partition coefficient (Wildman–Crippen LogP) is 11.8. The first kappa shape index (κ1) is 50.1. The topological polar surface area (TPSA) is 133 Å². The quantitative estimate of drug-likeness (QED) is 0.0217. The number of carbonyl (C=O) groups excluding carboxylic acids is 2. The molecule has 3 aromatic heterocycles. The average molecular weight is 999 g/mol. The largest absolute Gasteiger partial charge is 0.503 e. The van der Waals surface area contributed by atoms with E-state index in [9.17, 15) is 41.0 Å². The number of alkyl halides is 3. The first-order valence-corrected chi connectivity index (χ1v) is 23.8. The van der Waals surface area contributed by atoms with Gasteiger partial charge in [-0.1, -0.05) is 24.3 Å². The van der Waals surface area contributed by atoms with Crippen molar-refractivity contribution < 1.29 is 54.6 Å². The maximum absolute atomic E-state index is 14.5. The number of nitrogens with one attached hydrogen (secondary N) is 1. The smallest absolute Gasteiger partial charge is 0.416 e. The summed E-state index contributed by atoms with van der Waals surface area (Å²) in [5, 5.41) is 3.04. The van der Waals surface area contributed by atoms with Gasteiger partial charge < -0.3 is 32.2 Å². The molecule has 5 aromatic carbocycles. The Bertz CT molecular complexity index is 3750. The van der Waals surface area contributed by atoms with E-state index >= 15 is 0 Å². The van der Waals surface area contributed by atoms with Gasteiger partial charge in [-0.3, -0.25) is 14.2 Å². The molecule has 0 saturated carbocycles. The number of aromatic amines is 1. The van der Waals surface area contributed by atoms with Crippen LogP contribution in [0.5, 0.6) is 5.75 Å². The Morgan fingerprint density at radius 1 is 0.726 bits per heavy atom. The van der Waals surface area contributed by atoms with Crippen molar-refractivity contribution in [3.8, 4) is 16.9 Å². The molecule has 4 heterocycles. The Morgan fingerprint density at radius 3 is 1.96 bits per heavy atom. The van der Waals surface area contributed by atoms with Crippen LogP contribution >= 0.6 is 0 Å². The molecule has 11 nitrogen and oxygen atoms in total. The van der Waals surface area contributed by atoms with Crippen LogP contribution in [0, 0.1) is 27.7 Å². The summed E-state index contributed by atoms with van der Waals surface area (Å²) < 4.78 is 94.9. The van der Waals surface area contributed by atoms with Gasteiger partial charge in [0.25, 0.3) is 18.4 Å². The monoisotopic (exact) mass is 998 g/mol. The van der Waals surface area contributed by atoms with Crippen molar-refractivity contribution in [2.24, 2.45) is 0 Å². The molecule has 1 radical (unpaired) electrons. The summed E-state index contributed by atoms with van der Waals surface area (Å²) in [4.78, 5) is 58.4. The number of allylic oxidation sites excluding steroid dienone is 1. The normalized spacial score (nSPS) is 14.0. The number of aryl methyl sites for hydroxylation is 3. The van der Waals surface area contributed by atoms with Gasteiger partial charge in [-0.05, 0) is 148 Å². The van der Waals surface area contributed by atoms with Crippen molar-refractivity contribution in [1.29, 1.82) is 0 Å². The first-order valence-electron chi connectivity index (χ1n) is 23.8. The molecule has 375 valence electrons. The van der Waals surface area contributed by atoms with E-state index in [0.717, 1.165) is 12.1 Å². The second kappa shape index (κ2) is 19.3. The third kappa shape index (κ3) is 8.77. The zero-order valence-electron chi connectivity index (χ0n) is 41.4. The maximum Gasteiger partial charge on any atom is 0.416 e. The van der Waals surface area contributed by atoms with Crippen molar-refractivity contribution in [2.45, 2.75) is 74.5 Å². The molecule has 17 heteroatoms. The van der Waals surface area contributed by atoms with E-state index in [-0.39, 0.29) is 38.4 Å². The lowest BCUT2D eigenvalue weighted by atomic mass is 9.87. The molecular weight excluding hydrogens is 948 g/mol. The number of halogens is 5. The van der Waals surface area contributed by atoms with Crippen LogP contribution in [0.1, 0.15) is 83.7 Å². The van der Waals surface area contributed by atoms with Crippen LogP contribution in [0.4, 0.5) is 21.8 Å². The fraction of sp³-hybridized carbons (Fsp3) is 0.268. The number of H-pyrrole nitrogens is 1. The Balaban J connectivity index is 1.04. The van der Waals surface area contributed by atoms with Gasteiger partial charge in [-0.25, -0.2) is 14.2 Å². The number of carbonyl (C=O) groups is 2. The molecule has 1 N–H and O–H groups in total. The van der Waals surface area contributed by atoms with Crippen molar-refractivity contribution >= 4 is 74.0 Å². The molecule has 0 spiro atoms. The van der Waals surface area contributed by atoms with Gasteiger partial charge in [0.05, 0.1) is 48.7 Å². The highest BCUT2D eigenvalue weighted by Crippen LogP contribution is 2.43. The van der Waals surface area contributed by atoms with Crippen molar-refractivity contribution in [3.05, 3.63) is 161 Å². The number of pyridine rings is 1. The van der Waals surface area contributed by atoms with E-state index in [0.29, 0.717) is 122 Å². The lowest BCUT2D eigenvalue weighted by Gasteiger charge is -2.19. The Labute approximate surface area is 415 Å². The molecule has 8 aromatic rings. The highest BCUT2D eigenvalue weighted by atomic mass is 19.4. The van der Waals surface area contributed by atoms with Crippen LogP contribution in [-0.4, -0.2) is 65.3 Å². The minimum absolute atomic E-state index is 0.0305. The average Bonchev–Trinajstić information content (AvgIpc) is 3.77. The van der Waals surface area contributed by atoms with E-state index in [2.05, 4.69) is 4.98 Å². The summed E-state index contributed by atoms with van der Waals surface area (Å²) in [5.41, 5.74) is 6.06. The van der Waals surface area contributed by atoms with E-state index in [4.69, 9.17) is 18.6 Å². The van der Waals surface area contributed by atoms with E-state index in [1.807, 2.05) is 19.9 Å². The molecule has 0 unspecified atom stereocenters. The van der Waals surface area contributed by atoms with Crippen LogP contribution in [0.15, 0.2) is 110 Å². The molecule has 1 aliphatic heterocycles. The number of ether oxygens (including phenoxy) is 3. The van der Waals surface area contributed by atoms with Gasteiger partial charge >= 0.3 is 18.1 Å².